The van der Waals surface area contributed by atoms with Crippen molar-refractivity contribution < 1.29 is 18.7 Å². The molecule has 168 valence electrons. The molecule has 2 bridgehead atoms. The molecule has 4 fully saturated rings. The number of allylic oxidation sites excluding steroid dienone is 4. The van der Waals surface area contributed by atoms with Crippen LogP contribution >= 0.6 is 23.2 Å². The maximum absolute atomic E-state index is 6.68. The van der Waals surface area contributed by atoms with Crippen molar-refractivity contribution in [2.75, 3.05) is 13.2 Å². The number of rotatable bonds is 5. The number of nitrogens with zero attached hydrogens (tertiary/aromatic N) is 1. The number of ether oxygens (including phenoxy) is 3. The third kappa shape index (κ3) is 3.43. The summed E-state index contributed by atoms with van der Waals surface area (Å²) in [6, 6.07) is 0. The van der Waals surface area contributed by atoms with Gasteiger partial charge < -0.3 is 18.7 Å². The zero-order valence-corrected chi connectivity index (χ0v) is 19.3. The van der Waals surface area contributed by atoms with E-state index in [0.29, 0.717) is 42.6 Å². The van der Waals surface area contributed by atoms with E-state index < -0.39 is 0 Å². The van der Waals surface area contributed by atoms with Gasteiger partial charge in [-0.3, -0.25) is 0 Å². The van der Waals surface area contributed by atoms with Crippen LogP contribution in [0.25, 0.3) is 0 Å². The minimum atomic E-state index is -0.358. The zero-order chi connectivity index (χ0) is 21.2. The maximum Gasteiger partial charge on any atom is 0.174 e. The smallest absolute Gasteiger partial charge is 0.174 e. The van der Waals surface area contributed by atoms with Crippen LogP contribution in [0.3, 0.4) is 0 Å². The summed E-state index contributed by atoms with van der Waals surface area (Å²) in [7, 11) is 0. The first-order chi connectivity index (χ1) is 15.0. The van der Waals surface area contributed by atoms with Crippen molar-refractivity contribution in [1.82, 2.24) is 5.16 Å². The monoisotopic (exact) mass is 465 g/mol. The van der Waals surface area contributed by atoms with Crippen LogP contribution in [-0.2, 0) is 20.8 Å². The Morgan fingerprint density at radius 3 is 2.48 bits per heavy atom. The molecule has 1 aliphatic heterocycles. The van der Waals surface area contributed by atoms with Gasteiger partial charge in [-0.15, -0.1) is 11.6 Å². The number of halogens is 2. The quantitative estimate of drug-likeness (QED) is 0.516. The van der Waals surface area contributed by atoms with Crippen molar-refractivity contribution in [1.29, 1.82) is 0 Å². The van der Waals surface area contributed by atoms with Crippen LogP contribution in [0.15, 0.2) is 27.8 Å². The van der Waals surface area contributed by atoms with Crippen LogP contribution in [0.2, 0.25) is 0 Å². The van der Waals surface area contributed by atoms with Crippen molar-refractivity contribution in [3.8, 4) is 0 Å². The van der Waals surface area contributed by atoms with Gasteiger partial charge in [-0.05, 0) is 51.5 Å². The molecule has 4 aliphatic carbocycles. The molecule has 0 radical (unpaired) electrons. The van der Waals surface area contributed by atoms with Gasteiger partial charge in [-0.25, -0.2) is 0 Å². The van der Waals surface area contributed by atoms with Crippen molar-refractivity contribution in [2.45, 2.75) is 80.7 Å². The van der Waals surface area contributed by atoms with Crippen LogP contribution in [0.1, 0.15) is 74.3 Å². The van der Waals surface area contributed by atoms with Crippen LogP contribution in [-0.4, -0.2) is 35.1 Å². The van der Waals surface area contributed by atoms with Crippen LogP contribution < -0.4 is 0 Å². The summed E-state index contributed by atoms with van der Waals surface area (Å²) < 4.78 is 24.8. The van der Waals surface area contributed by atoms with Gasteiger partial charge in [0.1, 0.15) is 5.76 Å². The molecule has 6 rings (SSSR count). The summed E-state index contributed by atoms with van der Waals surface area (Å²) in [5.74, 6) is 1.65. The first kappa shape index (κ1) is 20.7. The fourth-order valence-electron chi connectivity index (χ4n) is 6.32. The zero-order valence-electron chi connectivity index (χ0n) is 17.8. The lowest BCUT2D eigenvalue weighted by Crippen LogP contribution is -2.52. The van der Waals surface area contributed by atoms with Crippen LogP contribution in [0.4, 0.5) is 0 Å². The Bertz CT molecular complexity index is 899. The summed E-state index contributed by atoms with van der Waals surface area (Å²) in [6.07, 6.45) is 12.2. The predicted octanol–water partition coefficient (Wildman–Crippen LogP) is 5.77. The second-order valence-corrected chi connectivity index (χ2v) is 11.0. The molecule has 1 aromatic heterocycles. The molecular formula is C24H29Cl2NO4. The highest BCUT2D eigenvalue weighted by Crippen LogP contribution is 2.57. The molecular weight excluding hydrogens is 437 g/mol. The van der Waals surface area contributed by atoms with E-state index in [1.807, 2.05) is 18.2 Å². The van der Waals surface area contributed by atoms with Gasteiger partial charge >= 0.3 is 0 Å². The van der Waals surface area contributed by atoms with Crippen molar-refractivity contribution >= 4 is 23.2 Å². The number of hydrogen-bond acceptors (Lipinski definition) is 5. The molecule has 5 nitrogen and oxygen atoms in total. The first-order valence-corrected chi connectivity index (χ1v) is 12.4. The number of hydrogen-bond donors (Lipinski definition) is 0. The van der Waals surface area contributed by atoms with E-state index in [9.17, 15) is 0 Å². The molecule has 0 aromatic carbocycles. The molecule has 1 aromatic rings. The van der Waals surface area contributed by atoms with Crippen molar-refractivity contribution in [3.05, 3.63) is 40.3 Å². The Kier molecular flexibility index (Phi) is 5.08. The van der Waals surface area contributed by atoms with Crippen molar-refractivity contribution in [2.24, 2.45) is 11.8 Å². The van der Waals surface area contributed by atoms with Crippen molar-refractivity contribution in [3.63, 3.8) is 0 Å². The Labute approximate surface area is 193 Å². The lowest BCUT2D eigenvalue weighted by Gasteiger charge is -2.46. The summed E-state index contributed by atoms with van der Waals surface area (Å²) >= 11 is 13.2. The van der Waals surface area contributed by atoms with E-state index in [2.05, 4.69) is 12.1 Å². The third-order valence-electron chi connectivity index (χ3n) is 7.92. The molecule has 31 heavy (non-hydrogen) atoms. The predicted molar refractivity (Wildman–Crippen MR) is 117 cm³/mol. The van der Waals surface area contributed by atoms with E-state index >= 15 is 0 Å². The van der Waals surface area contributed by atoms with Gasteiger partial charge in [0.05, 0.1) is 42.4 Å². The minimum Gasteiger partial charge on any atom is -0.370 e. The van der Waals surface area contributed by atoms with Gasteiger partial charge in [0.15, 0.2) is 5.79 Å². The molecule has 0 amide bonds. The van der Waals surface area contributed by atoms with Crippen LogP contribution in [0.5, 0.6) is 0 Å². The Hall–Kier alpha value is -0.850. The molecule has 1 saturated heterocycles. The molecule has 1 spiro atoms. The first-order valence-electron chi connectivity index (χ1n) is 11.6. The van der Waals surface area contributed by atoms with E-state index in [4.69, 9.17) is 41.9 Å². The third-order valence-corrected chi connectivity index (χ3v) is 8.68. The van der Waals surface area contributed by atoms with Gasteiger partial charge in [0, 0.05) is 28.3 Å². The largest absolute Gasteiger partial charge is 0.370 e. The fourth-order valence-corrected chi connectivity index (χ4v) is 7.04. The van der Waals surface area contributed by atoms with Gasteiger partial charge in [0.2, 0.25) is 0 Å². The summed E-state index contributed by atoms with van der Waals surface area (Å²) in [5.41, 5.74) is 1.66. The number of aromatic nitrogens is 1. The van der Waals surface area contributed by atoms with E-state index in [0.717, 1.165) is 55.5 Å². The lowest BCUT2D eigenvalue weighted by molar-refractivity contribution is -0.253. The Morgan fingerprint density at radius 2 is 1.84 bits per heavy atom. The number of alkyl halides is 1. The average Bonchev–Trinajstić information content (AvgIpc) is 3.26. The van der Waals surface area contributed by atoms with Crippen LogP contribution in [0, 0.1) is 11.8 Å². The summed E-state index contributed by atoms with van der Waals surface area (Å²) in [5, 5.41) is 4.90. The average molecular weight is 466 g/mol. The standard InChI is InChI=1S/C24H29Cl2NO4/c1-23(11-15-7-8-16(12-23)24(15)28-9-10-29-24)30-13-17-21(27-31-22(17)14-5-6-14)20-18(25)3-2-4-19(20)26/h2-4,14-16,18,20H,5-13H2,1H3/t15-,16+,18?,20?,23?. The fraction of sp³-hybridized carbons (Fsp3) is 0.708. The molecule has 0 N–H and O–H groups in total. The second-order valence-electron chi connectivity index (χ2n) is 10.1. The van der Waals surface area contributed by atoms with E-state index in [-0.39, 0.29) is 22.7 Å². The summed E-state index contributed by atoms with van der Waals surface area (Å²) in [6.45, 7) is 4.14. The molecule has 7 heteroatoms. The maximum atomic E-state index is 6.68. The normalized spacial score (nSPS) is 38.7. The lowest BCUT2D eigenvalue weighted by atomic mass is 9.74. The Balaban J connectivity index is 1.24. The van der Waals surface area contributed by atoms with Gasteiger partial charge in [-0.1, -0.05) is 28.9 Å². The molecule has 3 saturated carbocycles. The highest BCUT2D eigenvalue weighted by Gasteiger charge is 2.61. The molecule has 5 atom stereocenters. The highest BCUT2D eigenvalue weighted by molar-refractivity contribution is 6.32. The SMILES string of the molecule is CC1(OCc2c(C3C(Cl)=CC=CC3Cl)noc2C2CC2)C[C@H]2CC[C@@H](C1)C21OCCO1. The van der Waals surface area contributed by atoms with Gasteiger partial charge in [-0.2, -0.15) is 0 Å². The van der Waals surface area contributed by atoms with Gasteiger partial charge in [0.25, 0.3) is 0 Å². The van der Waals surface area contributed by atoms with E-state index in [1.54, 1.807) is 0 Å². The summed E-state index contributed by atoms with van der Waals surface area (Å²) in [4.78, 5) is 0. The Morgan fingerprint density at radius 1 is 1.13 bits per heavy atom. The molecule has 2 heterocycles. The minimum absolute atomic E-state index is 0.193. The second kappa shape index (κ2) is 7.59. The topological polar surface area (TPSA) is 53.7 Å². The van der Waals surface area contributed by atoms with E-state index in [1.165, 1.54) is 0 Å². The molecule has 3 unspecified atom stereocenters. The highest BCUT2D eigenvalue weighted by atomic mass is 35.5. The molecule has 5 aliphatic rings.